The second-order valence-corrected chi connectivity index (χ2v) is 5.10. The van der Waals surface area contributed by atoms with E-state index < -0.39 is 0 Å². The SMILES string of the molecule is COCC(NCC(=O)Nc1cccc(C)c1)C(C)C. The summed E-state index contributed by atoms with van der Waals surface area (Å²) in [6, 6.07) is 7.96. The van der Waals surface area contributed by atoms with E-state index in [1.54, 1.807) is 7.11 Å². The molecule has 0 heterocycles. The first-order valence-electron chi connectivity index (χ1n) is 6.61. The molecule has 0 fully saturated rings. The van der Waals surface area contributed by atoms with Gasteiger partial charge < -0.3 is 15.4 Å². The van der Waals surface area contributed by atoms with E-state index in [9.17, 15) is 4.79 Å². The van der Waals surface area contributed by atoms with Gasteiger partial charge in [0, 0.05) is 18.8 Å². The van der Waals surface area contributed by atoms with E-state index in [2.05, 4.69) is 24.5 Å². The summed E-state index contributed by atoms with van der Waals surface area (Å²) in [6.45, 7) is 7.11. The third kappa shape index (κ3) is 5.85. The summed E-state index contributed by atoms with van der Waals surface area (Å²) in [4.78, 5) is 11.8. The van der Waals surface area contributed by atoms with Gasteiger partial charge in [0.2, 0.25) is 5.91 Å². The maximum Gasteiger partial charge on any atom is 0.238 e. The van der Waals surface area contributed by atoms with Crippen LogP contribution in [0.1, 0.15) is 19.4 Å². The van der Waals surface area contributed by atoms with Gasteiger partial charge in [0.1, 0.15) is 0 Å². The molecule has 0 spiro atoms. The van der Waals surface area contributed by atoms with Crippen molar-refractivity contribution in [3.8, 4) is 0 Å². The Hall–Kier alpha value is -1.39. The Balaban J connectivity index is 2.42. The largest absolute Gasteiger partial charge is 0.383 e. The molecule has 1 atom stereocenters. The quantitative estimate of drug-likeness (QED) is 0.793. The summed E-state index contributed by atoms with van der Waals surface area (Å²) < 4.78 is 5.14. The molecule has 19 heavy (non-hydrogen) atoms. The molecule has 1 unspecified atom stereocenters. The molecular formula is C15H24N2O2. The zero-order valence-corrected chi connectivity index (χ0v) is 12.2. The summed E-state index contributed by atoms with van der Waals surface area (Å²) in [7, 11) is 1.67. The number of ether oxygens (including phenoxy) is 1. The highest BCUT2D eigenvalue weighted by Crippen LogP contribution is 2.09. The highest BCUT2D eigenvalue weighted by Gasteiger charge is 2.13. The second-order valence-electron chi connectivity index (χ2n) is 5.10. The second kappa shape index (κ2) is 7.92. The fourth-order valence-electron chi connectivity index (χ4n) is 1.82. The molecule has 106 valence electrons. The number of aryl methyl sites for hydroxylation is 1. The maximum absolute atomic E-state index is 11.8. The van der Waals surface area contributed by atoms with Gasteiger partial charge in [0.25, 0.3) is 0 Å². The van der Waals surface area contributed by atoms with Crippen LogP contribution in [0.4, 0.5) is 5.69 Å². The minimum Gasteiger partial charge on any atom is -0.383 e. The summed E-state index contributed by atoms with van der Waals surface area (Å²) in [5.41, 5.74) is 1.96. The first-order chi connectivity index (χ1) is 9.02. The van der Waals surface area contributed by atoms with E-state index in [0.29, 0.717) is 19.1 Å². The predicted molar refractivity (Wildman–Crippen MR) is 78.3 cm³/mol. The normalized spacial score (nSPS) is 12.5. The predicted octanol–water partition coefficient (Wildman–Crippen LogP) is 2.19. The Morgan fingerprint density at radius 2 is 2.11 bits per heavy atom. The number of carbonyl (C=O) groups excluding carboxylic acids is 1. The fourth-order valence-corrected chi connectivity index (χ4v) is 1.82. The van der Waals surface area contributed by atoms with Crippen LogP contribution in [0, 0.1) is 12.8 Å². The first kappa shape index (κ1) is 15.7. The minimum absolute atomic E-state index is 0.0349. The Bertz CT molecular complexity index is 405. The number of rotatable bonds is 7. The van der Waals surface area contributed by atoms with Crippen LogP contribution in [0.25, 0.3) is 0 Å². The lowest BCUT2D eigenvalue weighted by molar-refractivity contribution is -0.115. The lowest BCUT2D eigenvalue weighted by Gasteiger charge is -2.21. The Morgan fingerprint density at radius 1 is 1.37 bits per heavy atom. The number of benzene rings is 1. The van der Waals surface area contributed by atoms with Crippen molar-refractivity contribution in [2.75, 3.05) is 25.6 Å². The topological polar surface area (TPSA) is 50.4 Å². The van der Waals surface area contributed by atoms with Gasteiger partial charge in [0.05, 0.1) is 13.2 Å². The molecule has 0 aliphatic rings. The molecule has 0 saturated carbocycles. The van der Waals surface area contributed by atoms with E-state index in [0.717, 1.165) is 11.3 Å². The molecule has 1 amide bonds. The summed E-state index contributed by atoms with van der Waals surface area (Å²) in [6.07, 6.45) is 0. The summed E-state index contributed by atoms with van der Waals surface area (Å²) in [5, 5.41) is 6.09. The van der Waals surface area contributed by atoms with Crippen molar-refractivity contribution in [2.45, 2.75) is 26.8 Å². The number of hydrogen-bond acceptors (Lipinski definition) is 3. The Morgan fingerprint density at radius 3 is 2.68 bits per heavy atom. The lowest BCUT2D eigenvalue weighted by atomic mass is 10.1. The van der Waals surface area contributed by atoms with Crippen LogP contribution >= 0.6 is 0 Å². The van der Waals surface area contributed by atoms with Gasteiger partial charge in [-0.2, -0.15) is 0 Å². The highest BCUT2D eigenvalue weighted by molar-refractivity contribution is 5.92. The molecule has 2 N–H and O–H groups in total. The van der Waals surface area contributed by atoms with Crippen LogP contribution in [0.2, 0.25) is 0 Å². The van der Waals surface area contributed by atoms with Gasteiger partial charge in [-0.25, -0.2) is 0 Å². The molecule has 4 nitrogen and oxygen atoms in total. The fraction of sp³-hybridized carbons (Fsp3) is 0.533. The first-order valence-corrected chi connectivity index (χ1v) is 6.61. The maximum atomic E-state index is 11.8. The van der Waals surface area contributed by atoms with E-state index in [1.165, 1.54) is 0 Å². The summed E-state index contributed by atoms with van der Waals surface area (Å²) in [5.74, 6) is 0.388. The molecule has 0 radical (unpaired) electrons. The van der Waals surface area contributed by atoms with Crippen LogP contribution in [0.3, 0.4) is 0 Å². The standard InChI is InChI=1S/C15H24N2O2/c1-11(2)14(10-19-4)16-9-15(18)17-13-7-5-6-12(3)8-13/h5-8,11,14,16H,9-10H2,1-4H3,(H,17,18). The smallest absolute Gasteiger partial charge is 0.238 e. The average molecular weight is 264 g/mol. The molecule has 1 rings (SSSR count). The van der Waals surface area contributed by atoms with Crippen molar-refractivity contribution in [3.63, 3.8) is 0 Å². The van der Waals surface area contributed by atoms with Crippen molar-refractivity contribution in [1.29, 1.82) is 0 Å². The van der Waals surface area contributed by atoms with Crippen molar-refractivity contribution in [1.82, 2.24) is 5.32 Å². The number of carbonyl (C=O) groups is 1. The van der Waals surface area contributed by atoms with Gasteiger partial charge >= 0.3 is 0 Å². The van der Waals surface area contributed by atoms with Crippen molar-refractivity contribution in [3.05, 3.63) is 29.8 Å². The van der Waals surface area contributed by atoms with Crippen molar-refractivity contribution >= 4 is 11.6 Å². The van der Waals surface area contributed by atoms with Crippen molar-refractivity contribution in [2.24, 2.45) is 5.92 Å². The number of methoxy groups -OCH3 is 1. The van der Waals surface area contributed by atoms with E-state index in [4.69, 9.17) is 4.74 Å². The number of anilines is 1. The Labute approximate surface area is 115 Å². The lowest BCUT2D eigenvalue weighted by Crippen LogP contribution is -2.42. The summed E-state index contributed by atoms with van der Waals surface area (Å²) >= 11 is 0. The van der Waals surface area contributed by atoms with Crippen LogP contribution in [0.15, 0.2) is 24.3 Å². The zero-order valence-electron chi connectivity index (χ0n) is 12.2. The molecule has 0 bridgehead atoms. The number of amides is 1. The molecule has 4 heteroatoms. The van der Waals surface area contributed by atoms with Gasteiger partial charge in [-0.3, -0.25) is 4.79 Å². The van der Waals surface area contributed by atoms with E-state index >= 15 is 0 Å². The third-order valence-electron chi connectivity index (χ3n) is 2.98. The van der Waals surface area contributed by atoms with Gasteiger partial charge in [-0.05, 0) is 30.5 Å². The molecule has 1 aromatic carbocycles. The van der Waals surface area contributed by atoms with E-state index in [1.807, 2.05) is 31.2 Å². The van der Waals surface area contributed by atoms with Gasteiger partial charge in [0.15, 0.2) is 0 Å². The monoisotopic (exact) mass is 264 g/mol. The Kier molecular flexibility index (Phi) is 6.53. The minimum atomic E-state index is -0.0349. The van der Waals surface area contributed by atoms with Crippen LogP contribution in [-0.4, -0.2) is 32.2 Å². The molecule has 0 aliphatic heterocycles. The zero-order chi connectivity index (χ0) is 14.3. The third-order valence-corrected chi connectivity index (χ3v) is 2.98. The number of nitrogens with one attached hydrogen (secondary N) is 2. The van der Waals surface area contributed by atoms with Gasteiger partial charge in [-0.1, -0.05) is 26.0 Å². The van der Waals surface area contributed by atoms with Crippen molar-refractivity contribution < 1.29 is 9.53 Å². The van der Waals surface area contributed by atoms with Crippen LogP contribution in [0.5, 0.6) is 0 Å². The highest BCUT2D eigenvalue weighted by atomic mass is 16.5. The van der Waals surface area contributed by atoms with Crippen LogP contribution in [-0.2, 0) is 9.53 Å². The molecule has 0 saturated heterocycles. The van der Waals surface area contributed by atoms with E-state index in [-0.39, 0.29) is 11.9 Å². The molecule has 0 aromatic heterocycles. The number of hydrogen-bond donors (Lipinski definition) is 2. The average Bonchev–Trinajstić information content (AvgIpc) is 2.34. The molecular weight excluding hydrogens is 240 g/mol. The molecule has 1 aromatic rings. The molecule has 0 aliphatic carbocycles. The van der Waals surface area contributed by atoms with Gasteiger partial charge in [-0.15, -0.1) is 0 Å². The van der Waals surface area contributed by atoms with Crippen LogP contribution < -0.4 is 10.6 Å².